The highest BCUT2D eigenvalue weighted by Crippen LogP contribution is 2.18. The Labute approximate surface area is 105 Å². The summed E-state index contributed by atoms with van der Waals surface area (Å²) in [5.74, 6) is 0.854. The predicted molar refractivity (Wildman–Crippen MR) is 75.1 cm³/mol. The Morgan fingerprint density at radius 3 is 3.12 bits per heavy atom. The number of aromatic nitrogens is 1. The summed E-state index contributed by atoms with van der Waals surface area (Å²) in [6, 6.07) is 8.31. The summed E-state index contributed by atoms with van der Waals surface area (Å²) in [6.07, 6.45) is 7.10. The number of nitrogens with one attached hydrogen (secondary N) is 1. The zero-order valence-electron chi connectivity index (χ0n) is 9.77. The van der Waals surface area contributed by atoms with E-state index in [1.165, 1.54) is 28.2 Å². The maximum Gasteiger partial charge on any atom is 0.185 e. The maximum absolute atomic E-state index is 10.8. The number of para-hydroxylation sites is 1. The van der Waals surface area contributed by atoms with Gasteiger partial charge in [0.25, 0.3) is 0 Å². The van der Waals surface area contributed by atoms with Crippen molar-refractivity contribution in [1.82, 2.24) is 4.98 Å². The average molecular weight is 245 g/mol. The SMILES string of the molecule is CC(=O)SCCC=Cc1cccc2cc[nH]c12. The molecule has 0 aliphatic carbocycles. The molecule has 0 aliphatic heterocycles. The van der Waals surface area contributed by atoms with Crippen LogP contribution in [0.15, 0.2) is 36.5 Å². The molecule has 0 atom stereocenters. The number of allylic oxidation sites excluding steroid dienone is 1. The molecule has 1 N–H and O–H groups in total. The molecule has 2 rings (SSSR count). The van der Waals surface area contributed by atoms with Gasteiger partial charge in [0.05, 0.1) is 5.52 Å². The Morgan fingerprint density at radius 1 is 1.41 bits per heavy atom. The topological polar surface area (TPSA) is 32.9 Å². The second-order valence-electron chi connectivity index (χ2n) is 3.82. The van der Waals surface area contributed by atoms with Gasteiger partial charge in [-0.3, -0.25) is 4.79 Å². The number of H-pyrrole nitrogens is 1. The minimum absolute atomic E-state index is 0.185. The van der Waals surface area contributed by atoms with Crippen LogP contribution in [0.4, 0.5) is 0 Å². The Hall–Kier alpha value is -1.48. The van der Waals surface area contributed by atoms with Gasteiger partial charge in [-0.05, 0) is 23.4 Å². The van der Waals surface area contributed by atoms with Crippen molar-refractivity contribution < 1.29 is 4.79 Å². The highest BCUT2D eigenvalue weighted by molar-refractivity contribution is 8.13. The molecule has 0 radical (unpaired) electrons. The van der Waals surface area contributed by atoms with E-state index >= 15 is 0 Å². The number of rotatable bonds is 4. The maximum atomic E-state index is 10.8. The number of hydrogen-bond acceptors (Lipinski definition) is 2. The molecule has 0 spiro atoms. The first-order valence-corrected chi connectivity index (χ1v) is 6.62. The molecule has 1 heterocycles. The first-order chi connectivity index (χ1) is 8.27. The molecule has 0 bridgehead atoms. The molecule has 0 amide bonds. The molecule has 2 nitrogen and oxygen atoms in total. The Kier molecular flexibility index (Phi) is 4.04. The fourth-order valence-electron chi connectivity index (χ4n) is 1.73. The first-order valence-electron chi connectivity index (χ1n) is 5.63. The molecule has 0 saturated carbocycles. The second kappa shape index (κ2) is 5.73. The molecule has 3 heteroatoms. The van der Waals surface area contributed by atoms with Gasteiger partial charge in [-0.15, -0.1) is 0 Å². The minimum atomic E-state index is 0.185. The number of hydrogen-bond donors (Lipinski definition) is 1. The van der Waals surface area contributed by atoms with E-state index in [0.717, 1.165) is 12.2 Å². The van der Waals surface area contributed by atoms with Gasteiger partial charge in [0.1, 0.15) is 0 Å². The van der Waals surface area contributed by atoms with Crippen molar-refractivity contribution >= 4 is 33.9 Å². The summed E-state index contributed by atoms with van der Waals surface area (Å²) in [6.45, 7) is 1.61. The van der Waals surface area contributed by atoms with Crippen LogP contribution >= 0.6 is 11.8 Å². The molecule has 2 aromatic rings. The number of benzene rings is 1. The van der Waals surface area contributed by atoms with Crippen LogP contribution in [0.1, 0.15) is 18.9 Å². The lowest BCUT2D eigenvalue weighted by atomic mass is 10.1. The highest BCUT2D eigenvalue weighted by Gasteiger charge is 1.97. The van der Waals surface area contributed by atoms with E-state index in [0.29, 0.717) is 0 Å². The van der Waals surface area contributed by atoms with E-state index in [2.05, 4.69) is 41.4 Å². The van der Waals surface area contributed by atoms with Crippen LogP contribution in [0.2, 0.25) is 0 Å². The summed E-state index contributed by atoms with van der Waals surface area (Å²) in [5.41, 5.74) is 2.36. The normalized spacial score (nSPS) is 11.4. The summed E-state index contributed by atoms with van der Waals surface area (Å²) < 4.78 is 0. The number of thioether (sulfide) groups is 1. The van der Waals surface area contributed by atoms with Crippen molar-refractivity contribution in [2.24, 2.45) is 0 Å². The summed E-state index contributed by atoms with van der Waals surface area (Å²) in [4.78, 5) is 14.0. The fraction of sp³-hybridized carbons (Fsp3) is 0.214. The molecule has 0 aliphatic rings. The zero-order valence-corrected chi connectivity index (χ0v) is 10.6. The first kappa shape index (κ1) is 12.0. The van der Waals surface area contributed by atoms with Gasteiger partial charge in [-0.2, -0.15) is 0 Å². The van der Waals surface area contributed by atoms with Gasteiger partial charge in [0.15, 0.2) is 5.12 Å². The van der Waals surface area contributed by atoms with E-state index < -0.39 is 0 Å². The zero-order chi connectivity index (χ0) is 12.1. The van der Waals surface area contributed by atoms with Crippen LogP contribution in [0.25, 0.3) is 17.0 Å². The third-order valence-corrected chi connectivity index (χ3v) is 3.35. The van der Waals surface area contributed by atoms with Gasteiger partial charge in [-0.25, -0.2) is 0 Å². The van der Waals surface area contributed by atoms with Crippen molar-refractivity contribution in [3.8, 4) is 0 Å². The van der Waals surface area contributed by atoms with Crippen molar-refractivity contribution in [2.75, 3.05) is 5.75 Å². The van der Waals surface area contributed by atoms with Gasteiger partial charge >= 0.3 is 0 Å². The van der Waals surface area contributed by atoms with Crippen molar-refractivity contribution in [1.29, 1.82) is 0 Å². The molecule has 0 fully saturated rings. The predicted octanol–water partition coefficient (Wildman–Crippen LogP) is 3.85. The van der Waals surface area contributed by atoms with Crippen LogP contribution in [0, 0.1) is 0 Å². The smallest absolute Gasteiger partial charge is 0.185 e. The standard InChI is InChI=1S/C14H15NOS/c1-11(16)17-10-3-2-5-12-6-4-7-13-8-9-15-14(12)13/h2,4-9,15H,3,10H2,1H3. The van der Waals surface area contributed by atoms with Gasteiger partial charge in [-0.1, -0.05) is 42.1 Å². The molecule has 0 saturated heterocycles. The summed E-state index contributed by atoms with van der Waals surface area (Å²) in [5, 5.41) is 1.41. The monoisotopic (exact) mass is 245 g/mol. The van der Waals surface area contributed by atoms with E-state index in [1.807, 2.05) is 6.20 Å². The Balaban J connectivity index is 2.00. The largest absolute Gasteiger partial charge is 0.361 e. The third-order valence-electron chi connectivity index (χ3n) is 2.51. The lowest BCUT2D eigenvalue weighted by molar-refractivity contribution is -0.109. The molecule has 88 valence electrons. The van der Waals surface area contributed by atoms with Crippen LogP contribution in [0.5, 0.6) is 0 Å². The van der Waals surface area contributed by atoms with Crippen LogP contribution in [-0.4, -0.2) is 15.9 Å². The minimum Gasteiger partial charge on any atom is -0.361 e. The van der Waals surface area contributed by atoms with Crippen molar-refractivity contribution in [2.45, 2.75) is 13.3 Å². The van der Waals surface area contributed by atoms with Crippen LogP contribution in [0.3, 0.4) is 0 Å². The average Bonchev–Trinajstić information content (AvgIpc) is 2.77. The number of carbonyl (C=O) groups excluding carboxylic acids is 1. The second-order valence-corrected chi connectivity index (χ2v) is 5.09. The summed E-state index contributed by atoms with van der Waals surface area (Å²) >= 11 is 1.37. The summed E-state index contributed by atoms with van der Waals surface area (Å²) in [7, 11) is 0. The lowest BCUT2D eigenvalue weighted by Gasteiger charge is -1.97. The number of fused-ring (bicyclic) bond motifs is 1. The quantitative estimate of drug-likeness (QED) is 0.830. The molecule has 1 aromatic heterocycles. The molecule has 1 aromatic carbocycles. The number of carbonyl (C=O) groups is 1. The third kappa shape index (κ3) is 3.24. The van der Waals surface area contributed by atoms with Gasteiger partial charge in [0.2, 0.25) is 0 Å². The van der Waals surface area contributed by atoms with Crippen LogP contribution in [-0.2, 0) is 4.79 Å². The Morgan fingerprint density at radius 2 is 2.29 bits per heavy atom. The Bertz CT molecular complexity index is 542. The van der Waals surface area contributed by atoms with Gasteiger partial charge < -0.3 is 4.98 Å². The number of aromatic amines is 1. The van der Waals surface area contributed by atoms with Crippen LogP contribution < -0.4 is 0 Å². The van der Waals surface area contributed by atoms with Gasteiger partial charge in [0, 0.05) is 18.9 Å². The molecular formula is C14H15NOS. The van der Waals surface area contributed by atoms with Crippen molar-refractivity contribution in [3.63, 3.8) is 0 Å². The van der Waals surface area contributed by atoms with E-state index in [-0.39, 0.29) is 5.12 Å². The molecule has 0 unspecified atom stereocenters. The van der Waals surface area contributed by atoms with Crippen molar-refractivity contribution in [3.05, 3.63) is 42.1 Å². The molecular weight excluding hydrogens is 230 g/mol. The molecule has 17 heavy (non-hydrogen) atoms. The van der Waals surface area contributed by atoms with E-state index in [1.54, 1.807) is 6.92 Å². The lowest BCUT2D eigenvalue weighted by Crippen LogP contribution is -1.83. The fourth-order valence-corrected chi connectivity index (χ4v) is 2.27. The van der Waals surface area contributed by atoms with E-state index in [9.17, 15) is 4.79 Å². The van der Waals surface area contributed by atoms with E-state index in [4.69, 9.17) is 0 Å². The highest BCUT2D eigenvalue weighted by atomic mass is 32.2.